The summed E-state index contributed by atoms with van der Waals surface area (Å²) >= 11 is 0. The lowest BCUT2D eigenvalue weighted by molar-refractivity contribution is -0.127. The van der Waals surface area contributed by atoms with Gasteiger partial charge in [0.1, 0.15) is 5.78 Å². The minimum atomic E-state index is -0.0576. The minimum absolute atomic E-state index is 0.0576. The molecule has 2 heteroatoms. The van der Waals surface area contributed by atoms with Crippen molar-refractivity contribution in [2.45, 2.75) is 52.4 Å². The summed E-state index contributed by atoms with van der Waals surface area (Å²) in [5, 5.41) is 0. The summed E-state index contributed by atoms with van der Waals surface area (Å²) in [6.07, 6.45) is 8.09. The lowest BCUT2D eigenvalue weighted by Crippen LogP contribution is -2.35. The number of rotatable bonds is 4. The van der Waals surface area contributed by atoms with E-state index in [1.165, 1.54) is 32.2 Å². The molecule has 4 atom stereocenters. The molecule has 3 aliphatic rings. The molecule has 0 heterocycles. The molecule has 3 saturated carbocycles. The van der Waals surface area contributed by atoms with Crippen molar-refractivity contribution in [3.63, 3.8) is 0 Å². The van der Waals surface area contributed by atoms with Crippen LogP contribution in [-0.4, -0.2) is 30.8 Å². The largest absolute Gasteiger partial charge is 0.305 e. The van der Waals surface area contributed by atoms with Crippen LogP contribution in [0.1, 0.15) is 52.4 Å². The monoisotopic (exact) mass is 263 g/mol. The van der Waals surface area contributed by atoms with Crippen LogP contribution < -0.4 is 0 Å². The minimum Gasteiger partial charge on any atom is -0.305 e. The maximum Gasteiger partial charge on any atom is 0.142 e. The van der Waals surface area contributed by atoms with Crippen LogP contribution in [0.5, 0.6) is 0 Å². The van der Waals surface area contributed by atoms with E-state index in [1.807, 2.05) is 0 Å². The number of ketones is 1. The average Bonchev–Trinajstić information content (AvgIpc) is 3.00. The first kappa shape index (κ1) is 13.6. The summed E-state index contributed by atoms with van der Waals surface area (Å²) in [6.45, 7) is 6.46. The Labute approximate surface area is 117 Å². The summed E-state index contributed by atoms with van der Waals surface area (Å²) in [6, 6.07) is 0. The fourth-order valence-corrected chi connectivity index (χ4v) is 4.97. The summed E-state index contributed by atoms with van der Waals surface area (Å²) in [7, 11) is 2.23. The van der Waals surface area contributed by atoms with Crippen LogP contribution in [0.2, 0.25) is 0 Å². The Morgan fingerprint density at radius 1 is 1.16 bits per heavy atom. The van der Waals surface area contributed by atoms with Crippen molar-refractivity contribution in [3.05, 3.63) is 0 Å². The van der Waals surface area contributed by atoms with Gasteiger partial charge < -0.3 is 4.90 Å². The number of hydrogen-bond donors (Lipinski definition) is 0. The second-order valence-electron chi connectivity index (χ2n) is 8.14. The Morgan fingerprint density at radius 2 is 1.95 bits per heavy atom. The van der Waals surface area contributed by atoms with Crippen LogP contribution in [0.3, 0.4) is 0 Å². The van der Waals surface area contributed by atoms with E-state index in [0.29, 0.717) is 11.7 Å². The van der Waals surface area contributed by atoms with E-state index in [1.54, 1.807) is 0 Å². The molecule has 0 radical (unpaired) electrons. The first-order chi connectivity index (χ1) is 8.95. The molecule has 0 amide bonds. The van der Waals surface area contributed by atoms with Gasteiger partial charge in [-0.2, -0.15) is 0 Å². The van der Waals surface area contributed by atoms with E-state index in [4.69, 9.17) is 0 Å². The van der Waals surface area contributed by atoms with Gasteiger partial charge >= 0.3 is 0 Å². The normalized spacial score (nSPS) is 40.5. The topological polar surface area (TPSA) is 20.3 Å². The Hall–Kier alpha value is -0.370. The highest BCUT2D eigenvalue weighted by Crippen LogP contribution is 2.48. The molecule has 0 N–H and O–H groups in total. The highest BCUT2D eigenvalue weighted by molar-refractivity contribution is 5.88. The number of nitrogens with zero attached hydrogens (tertiary/aromatic N) is 1. The van der Waals surface area contributed by atoms with Crippen molar-refractivity contribution in [1.29, 1.82) is 0 Å². The van der Waals surface area contributed by atoms with Gasteiger partial charge in [0, 0.05) is 24.4 Å². The first-order valence-electron chi connectivity index (χ1n) is 8.18. The molecule has 4 unspecified atom stereocenters. The smallest absolute Gasteiger partial charge is 0.142 e. The van der Waals surface area contributed by atoms with Gasteiger partial charge in [0.15, 0.2) is 0 Å². The van der Waals surface area contributed by atoms with Crippen molar-refractivity contribution < 1.29 is 4.79 Å². The van der Waals surface area contributed by atoms with Gasteiger partial charge in [0.2, 0.25) is 0 Å². The van der Waals surface area contributed by atoms with E-state index in [9.17, 15) is 4.79 Å². The second-order valence-corrected chi connectivity index (χ2v) is 8.14. The highest BCUT2D eigenvalue weighted by atomic mass is 16.1. The Balaban J connectivity index is 1.49. The first-order valence-corrected chi connectivity index (χ1v) is 8.18. The summed E-state index contributed by atoms with van der Waals surface area (Å²) in [4.78, 5) is 14.8. The van der Waals surface area contributed by atoms with Crippen LogP contribution in [-0.2, 0) is 4.79 Å². The van der Waals surface area contributed by atoms with Gasteiger partial charge in [-0.3, -0.25) is 4.79 Å². The standard InChI is InChI=1S/C17H29NO/c1-17(2)7-6-14(16(17)19)10-18(3)11-15-9-12-4-5-13(15)8-12/h12-15H,4-11H2,1-3H3. The van der Waals surface area contributed by atoms with Gasteiger partial charge in [-0.15, -0.1) is 0 Å². The zero-order chi connectivity index (χ0) is 13.6. The molecule has 0 spiro atoms. The van der Waals surface area contributed by atoms with Crippen molar-refractivity contribution in [2.24, 2.45) is 29.1 Å². The number of hydrogen-bond acceptors (Lipinski definition) is 2. The molecular formula is C17H29NO. The van der Waals surface area contributed by atoms with E-state index < -0.39 is 0 Å². The molecule has 3 rings (SSSR count). The molecule has 19 heavy (non-hydrogen) atoms. The third kappa shape index (κ3) is 2.61. The molecule has 2 nitrogen and oxygen atoms in total. The van der Waals surface area contributed by atoms with E-state index in [2.05, 4.69) is 25.8 Å². The molecule has 0 saturated heterocycles. The summed E-state index contributed by atoms with van der Waals surface area (Å²) < 4.78 is 0. The van der Waals surface area contributed by atoms with Gasteiger partial charge in [-0.1, -0.05) is 20.3 Å². The third-order valence-corrected chi connectivity index (χ3v) is 6.12. The van der Waals surface area contributed by atoms with Gasteiger partial charge in [0.05, 0.1) is 0 Å². The highest BCUT2D eigenvalue weighted by Gasteiger charge is 2.42. The Morgan fingerprint density at radius 3 is 2.47 bits per heavy atom. The fourth-order valence-electron chi connectivity index (χ4n) is 4.97. The lowest BCUT2D eigenvalue weighted by Gasteiger charge is -2.28. The molecule has 0 aliphatic heterocycles. The summed E-state index contributed by atoms with van der Waals surface area (Å²) in [5.41, 5.74) is -0.0576. The zero-order valence-electron chi connectivity index (χ0n) is 12.8. The molecule has 3 fully saturated rings. The van der Waals surface area contributed by atoms with Crippen molar-refractivity contribution in [1.82, 2.24) is 4.90 Å². The number of fused-ring (bicyclic) bond motifs is 2. The van der Waals surface area contributed by atoms with E-state index >= 15 is 0 Å². The van der Waals surface area contributed by atoms with Gasteiger partial charge in [0.25, 0.3) is 0 Å². The van der Waals surface area contributed by atoms with Crippen LogP contribution in [0.4, 0.5) is 0 Å². The van der Waals surface area contributed by atoms with Gasteiger partial charge in [-0.05, 0) is 56.9 Å². The summed E-state index contributed by atoms with van der Waals surface area (Å²) in [5.74, 6) is 3.78. The number of Topliss-reactive ketones (excluding diaryl/α,β-unsaturated/α-hetero) is 1. The third-order valence-electron chi connectivity index (χ3n) is 6.12. The number of carbonyl (C=O) groups excluding carboxylic acids is 1. The quantitative estimate of drug-likeness (QED) is 0.775. The van der Waals surface area contributed by atoms with Crippen LogP contribution in [0.25, 0.3) is 0 Å². The maximum atomic E-state index is 12.3. The van der Waals surface area contributed by atoms with Crippen molar-refractivity contribution in [2.75, 3.05) is 20.1 Å². The van der Waals surface area contributed by atoms with Crippen LogP contribution >= 0.6 is 0 Å². The van der Waals surface area contributed by atoms with Gasteiger partial charge in [-0.25, -0.2) is 0 Å². The molecular weight excluding hydrogens is 234 g/mol. The fraction of sp³-hybridized carbons (Fsp3) is 0.941. The zero-order valence-corrected chi connectivity index (χ0v) is 12.8. The number of carbonyl (C=O) groups is 1. The van der Waals surface area contributed by atoms with Crippen molar-refractivity contribution >= 4 is 5.78 Å². The molecule has 0 aromatic heterocycles. The molecule has 0 aromatic carbocycles. The maximum absolute atomic E-state index is 12.3. The van der Waals surface area contributed by atoms with Crippen LogP contribution in [0, 0.1) is 29.1 Å². The molecule has 3 aliphatic carbocycles. The molecule has 108 valence electrons. The SMILES string of the molecule is CN(CC1CCC(C)(C)C1=O)CC1CC2CCC1C2. The Kier molecular flexibility index (Phi) is 3.49. The molecule has 0 aromatic rings. The predicted molar refractivity (Wildman–Crippen MR) is 77.9 cm³/mol. The lowest BCUT2D eigenvalue weighted by atomic mass is 9.87. The van der Waals surface area contributed by atoms with E-state index in [0.717, 1.165) is 37.1 Å². The molecule has 2 bridgehead atoms. The van der Waals surface area contributed by atoms with Crippen LogP contribution in [0.15, 0.2) is 0 Å². The second kappa shape index (κ2) is 4.87. The average molecular weight is 263 g/mol. The predicted octanol–water partition coefficient (Wildman–Crippen LogP) is 3.36. The Bertz CT molecular complexity index is 362. The van der Waals surface area contributed by atoms with Crippen molar-refractivity contribution in [3.8, 4) is 0 Å². The van der Waals surface area contributed by atoms with E-state index in [-0.39, 0.29) is 5.41 Å².